The zero-order valence-electron chi connectivity index (χ0n) is 15.2. The standard InChI is InChI=1S/C19H21ClN4O3/c1-23-7-9-24(10-8-23)17-6-4-14(12-21-17)18(25)22-16-11-13(19(26)27-2)3-5-15(16)20/h3-6,11-12H,7-10H2,1-2H3,(H,22,25). The number of carbonyl (C=O) groups excluding carboxylic acids is 2. The van der Waals surface area contributed by atoms with Gasteiger partial charge >= 0.3 is 5.97 Å². The molecule has 7 nitrogen and oxygen atoms in total. The highest BCUT2D eigenvalue weighted by atomic mass is 35.5. The van der Waals surface area contributed by atoms with Crippen molar-refractivity contribution in [3.8, 4) is 0 Å². The number of nitrogens with one attached hydrogen (secondary N) is 1. The first kappa shape index (κ1) is 19.1. The number of esters is 1. The molecule has 0 unspecified atom stereocenters. The molecule has 1 saturated heterocycles. The van der Waals surface area contributed by atoms with Gasteiger partial charge in [0.15, 0.2) is 0 Å². The number of ether oxygens (including phenoxy) is 1. The van der Waals surface area contributed by atoms with Gasteiger partial charge < -0.3 is 19.9 Å². The van der Waals surface area contributed by atoms with Crippen LogP contribution in [0.4, 0.5) is 11.5 Å². The number of anilines is 2. The zero-order chi connectivity index (χ0) is 19.4. The third-order valence-electron chi connectivity index (χ3n) is 4.47. The fraction of sp³-hybridized carbons (Fsp3) is 0.316. The molecule has 0 radical (unpaired) electrons. The van der Waals surface area contributed by atoms with Crippen molar-refractivity contribution in [3.05, 3.63) is 52.7 Å². The number of hydrogen-bond acceptors (Lipinski definition) is 6. The minimum Gasteiger partial charge on any atom is -0.465 e. The molecule has 0 spiro atoms. The maximum Gasteiger partial charge on any atom is 0.337 e. The fourth-order valence-corrected chi connectivity index (χ4v) is 2.97. The molecule has 1 aliphatic rings. The predicted molar refractivity (Wildman–Crippen MR) is 105 cm³/mol. The van der Waals surface area contributed by atoms with E-state index in [0.717, 1.165) is 32.0 Å². The number of benzene rings is 1. The number of carbonyl (C=O) groups is 2. The molecular formula is C19H21ClN4O3. The van der Waals surface area contributed by atoms with Crippen molar-refractivity contribution in [1.29, 1.82) is 0 Å². The summed E-state index contributed by atoms with van der Waals surface area (Å²) in [6, 6.07) is 8.13. The first-order valence-corrected chi connectivity index (χ1v) is 8.94. The van der Waals surface area contributed by atoms with Crippen LogP contribution in [-0.4, -0.2) is 62.1 Å². The summed E-state index contributed by atoms with van der Waals surface area (Å²) in [5.41, 5.74) is 1.06. The van der Waals surface area contributed by atoms with E-state index in [9.17, 15) is 9.59 Å². The maximum atomic E-state index is 12.5. The number of hydrogen-bond donors (Lipinski definition) is 1. The smallest absolute Gasteiger partial charge is 0.337 e. The van der Waals surface area contributed by atoms with Crippen LogP contribution >= 0.6 is 11.6 Å². The van der Waals surface area contributed by atoms with Crippen LogP contribution in [0, 0.1) is 0 Å². The maximum absolute atomic E-state index is 12.5. The first-order chi connectivity index (χ1) is 13.0. The summed E-state index contributed by atoms with van der Waals surface area (Å²) in [5, 5.41) is 3.04. The average molecular weight is 389 g/mol. The Morgan fingerprint density at radius 1 is 1.11 bits per heavy atom. The highest BCUT2D eigenvalue weighted by Crippen LogP contribution is 2.24. The van der Waals surface area contributed by atoms with Gasteiger partial charge in [-0.1, -0.05) is 11.6 Å². The largest absolute Gasteiger partial charge is 0.465 e. The summed E-state index contributed by atoms with van der Waals surface area (Å²) in [4.78, 5) is 33.0. The number of nitrogens with zero attached hydrogens (tertiary/aromatic N) is 3. The van der Waals surface area contributed by atoms with Crippen molar-refractivity contribution in [1.82, 2.24) is 9.88 Å². The molecule has 1 amide bonds. The Balaban J connectivity index is 1.70. The third-order valence-corrected chi connectivity index (χ3v) is 4.80. The van der Waals surface area contributed by atoms with E-state index in [-0.39, 0.29) is 5.91 Å². The van der Waals surface area contributed by atoms with Crippen molar-refractivity contribution in [2.24, 2.45) is 0 Å². The molecular weight excluding hydrogens is 368 g/mol. The molecule has 142 valence electrons. The van der Waals surface area contributed by atoms with E-state index in [4.69, 9.17) is 11.6 Å². The lowest BCUT2D eigenvalue weighted by Gasteiger charge is -2.33. The molecule has 27 heavy (non-hydrogen) atoms. The van der Waals surface area contributed by atoms with Crippen LogP contribution in [0.2, 0.25) is 5.02 Å². The summed E-state index contributed by atoms with van der Waals surface area (Å²) < 4.78 is 4.69. The van der Waals surface area contributed by atoms with Crippen LogP contribution < -0.4 is 10.2 Å². The Hall–Kier alpha value is -2.64. The minimum atomic E-state index is -0.500. The normalized spacial score (nSPS) is 14.7. The number of amides is 1. The number of halogens is 1. The molecule has 1 aliphatic heterocycles. The summed E-state index contributed by atoms with van der Waals surface area (Å²) >= 11 is 6.12. The zero-order valence-corrected chi connectivity index (χ0v) is 16.0. The van der Waals surface area contributed by atoms with E-state index in [1.807, 2.05) is 6.07 Å². The van der Waals surface area contributed by atoms with Crippen molar-refractivity contribution < 1.29 is 14.3 Å². The highest BCUT2D eigenvalue weighted by molar-refractivity contribution is 6.34. The number of piperazine rings is 1. The van der Waals surface area contributed by atoms with Crippen molar-refractivity contribution >= 4 is 35.0 Å². The van der Waals surface area contributed by atoms with E-state index in [2.05, 4.69) is 31.9 Å². The van der Waals surface area contributed by atoms with Crippen LogP contribution in [-0.2, 0) is 4.74 Å². The van der Waals surface area contributed by atoms with Gasteiger partial charge in [0.05, 0.1) is 28.9 Å². The Kier molecular flexibility index (Phi) is 5.93. The van der Waals surface area contributed by atoms with Gasteiger partial charge in [-0.2, -0.15) is 0 Å². The van der Waals surface area contributed by atoms with Crippen LogP contribution in [0.25, 0.3) is 0 Å². The Labute approximate surface area is 162 Å². The van der Waals surface area contributed by atoms with Crippen LogP contribution in [0.1, 0.15) is 20.7 Å². The molecule has 3 rings (SSSR count). The van der Waals surface area contributed by atoms with Crippen molar-refractivity contribution in [2.75, 3.05) is 50.6 Å². The lowest BCUT2D eigenvalue weighted by Crippen LogP contribution is -2.44. The third kappa shape index (κ3) is 4.56. The van der Waals surface area contributed by atoms with Gasteiger partial charge in [-0.25, -0.2) is 9.78 Å². The second kappa shape index (κ2) is 8.37. The molecule has 8 heteroatoms. The van der Waals surface area contributed by atoms with E-state index in [1.165, 1.54) is 25.3 Å². The molecule has 0 atom stereocenters. The fourth-order valence-electron chi connectivity index (χ4n) is 2.80. The predicted octanol–water partition coefficient (Wildman–Crippen LogP) is 2.53. The topological polar surface area (TPSA) is 74.8 Å². The average Bonchev–Trinajstić information content (AvgIpc) is 2.69. The molecule has 2 aromatic rings. The number of rotatable bonds is 4. The molecule has 2 heterocycles. The lowest BCUT2D eigenvalue weighted by molar-refractivity contribution is 0.0600. The quantitative estimate of drug-likeness (QED) is 0.811. The van der Waals surface area contributed by atoms with Gasteiger partial charge in [-0.3, -0.25) is 4.79 Å². The first-order valence-electron chi connectivity index (χ1n) is 8.56. The number of methoxy groups -OCH3 is 1. The van der Waals surface area contributed by atoms with Gasteiger partial charge in [-0.15, -0.1) is 0 Å². The molecule has 0 saturated carbocycles. The number of aromatic nitrogens is 1. The molecule has 0 bridgehead atoms. The number of pyridine rings is 1. The molecule has 1 aromatic heterocycles. The van der Waals surface area contributed by atoms with E-state index >= 15 is 0 Å². The molecule has 1 N–H and O–H groups in total. The van der Waals surface area contributed by atoms with Gasteiger partial charge in [0.2, 0.25) is 0 Å². The van der Waals surface area contributed by atoms with Gasteiger partial charge in [-0.05, 0) is 37.4 Å². The summed E-state index contributed by atoms with van der Waals surface area (Å²) in [5.74, 6) is 0.00192. The van der Waals surface area contributed by atoms with Crippen molar-refractivity contribution in [3.63, 3.8) is 0 Å². The molecule has 0 aliphatic carbocycles. The molecule has 1 aromatic carbocycles. The van der Waals surface area contributed by atoms with Crippen LogP contribution in [0.5, 0.6) is 0 Å². The van der Waals surface area contributed by atoms with Crippen molar-refractivity contribution in [2.45, 2.75) is 0 Å². The minimum absolute atomic E-state index is 0.306. The van der Waals surface area contributed by atoms with Crippen LogP contribution in [0.3, 0.4) is 0 Å². The summed E-state index contributed by atoms with van der Waals surface area (Å²) in [6.07, 6.45) is 1.54. The Morgan fingerprint density at radius 3 is 2.44 bits per heavy atom. The second-order valence-electron chi connectivity index (χ2n) is 6.34. The summed E-state index contributed by atoms with van der Waals surface area (Å²) in [7, 11) is 3.39. The van der Waals surface area contributed by atoms with E-state index in [1.54, 1.807) is 12.3 Å². The van der Waals surface area contributed by atoms with Gasteiger partial charge in [0.1, 0.15) is 5.82 Å². The van der Waals surface area contributed by atoms with E-state index < -0.39 is 5.97 Å². The monoisotopic (exact) mass is 388 g/mol. The SMILES string of the molecule is COC(=O)c1ccc(Cl)c(NC(=O)c2ccc(N3CCN(C)CC3)nc2)c1. The Bertz CT molecular complexity index is 833. The molecule has 1 fully saturated rings. The highest BCUT2D eigenvalue weighted by Gasteiger charge is 2.17. The van der Waals surface area contributed by atoms with Gasteiger partial charge in [0, 0.05) is 32.4 Å². The van der Waals surface area contributed by atoms with E-state index in [0.29, 0.717) is 21.8 Å². The number of likely N-dealkylation sites (N-methyl/N-ethyl adjacent to an activating group) is 1. The second-order valence-corrected chi connectivity index (χ2v) is 6.74. The lowest BCUT2D eigenvalue weighted by atomic mass is 10.2. The summed E-state index contributed by atoms with van der Waals surface area (Å²) in [6.45, 7) is 3.79. The van der Waals surface area contributed by atoms with Gasteiger partial charge in [0.25, 0.3) is 5.91 Å². The Morgan fingerprint density at radius 2 is 1.81 bits per heavy atom. The van der Waals surface area contributed by atoms with Crippen LogP contribution in [0.15, 0.2) is 36.5 Å².